The number of rotatable bonds is 3. The maximum Gasteiger partial charge on any atom is 0.188 e. The predicted octanol–water partition coefficient (Wildman–Crippen LogP) is 2.49. The van der Waals surface area contributed by atoms with Crippen LogP contribution in [0.15, 0.2) is 48.8 Å². The van der Waals surface area contributed by atoms with Gasteiger partial charge in [-0.05, 0) is 12.1 Å². The molecule has 2 rings (SSSR count). The Balaban J connectivity index is 2.45. The van der Waals surface area contributed by atoms with Crippen LogP contribution in [0.2, 0.25) is 0 Å². The van der Waals surface area contributed by atoms with Crippen LogP contribution in [0.4, 0.5) is 0 Å². The molecule has 2 aromatic rings. The minimum absolute atomic E-state index is 0.00250. The molecule has 0 N–H and O–H groups in total. The number of hydrogen-bond acceptors (Lipinski definition) is 3. The average molecular weight is 226 g/mol. The number of carbonyl (C=O) groups is 1. The minimum atomic E-state index is -0.00250. The van der Waals surface area contributed by atoms with Crippen LogP contribution < -0.4 is 0 Å². The fourth-order valence-corrected chi connectivity index (χ4v) is 1.62. The molecule has 86 valence electrons. The van der Waals surface area contributed by atoms with Crippen molar-refractivity contribution in [2.75, 3.05) is 14.1 Å². The first kappa shape index (κ1) is 11.3. The summed E-state index contributed by atoms with van der Waals surface area (Å²) in [5, 5.41) is 0.892. The molecule has 0 aliphatic rings. The maximum atomic E-state index is 12.0. The van der Waals surface area contributed by atoms with Crippen LogP contribution in [0.1, 0.15) is 10.4 Å². The Morgan fingerprint density at radius 1 is 1.24 bits per heavy atom. The van der Waals surface area contributed by atoms with Crippen molar-refractivity contribution in [3.63, 3.8) is 0 Å². The van der Waals surface area contributed by atoms with Gasteiger partial charge in [0.1, 0.15) is 0 Å². The average Bonchev–Trinajstić information content (AvgIpc) is 2.35. The molecule has 0 amide bonds. The van der Waals surface area contributed by atoms with Crippen molar-refractivity contribution in [1.29, 1.82) is 0 Å². The van der Waals surface area contributed by atoms with E-state index in [9.17, 15) is 4.79 Å². The Kier molecular flexibility index (Phi) is 3.19. The van der Waals surface area contributed by atoms with Gasteiger partial charge in [0, 0.05) is 43.5 Å². The summed E-state index contributed by atoms with van der Waals surface area (Å²) in [6.45, 7) is 0. The largest absolute Gasteiger partial charge is 0.383 e. The molecule has 1 aromatic carbocycles. The van der Waals surface area contributed by atoms with Crippen LogP contribution in [0.5, 0.6) is 0 Å². The topological polar surface area (TPSA) is 33.2 Å². The Hall–Kier alpha value is -2.16. The molecular weight excluding hydrogens is 212 g/mol. The van der Waals surface area contributed by atoms with E-state index in [1.54, 1.807) is 24.5 Å². The van der Waals surface area contributed by atoms with E-state index in [2.05, 4.69) is 4.98 Å². The van der Waals surface area contributed by atoms with Crippen LogP contribution in [-0.4, -0.2) is 29.8 Å². The standard InChI is InChI=1S/C14H14N2O/c1-16(2)10-8-14(17)12-7-9-15-13-6-4-3-5-11(12)13/h3-10H,1-2H3/b10-8+. The van der Waals surface area contributed by atoms with Crippen molar-refractivity contribution in [3.05, 3.63) is 54.4 Å². The first-order valence-corrected chi connectivity index (χ1v) is 5.41. The predicted molar refractivity (Wildman–Crippen MR) is 68.9 cm³/mol. The number of nitrogens with zero attached hydrogens (tertiary/aromatic N) is 2. The Morgan fingerprint density at radius 2 is 2.00 bits per heavy atom. The number of ketones is 1. The summed E-state index contributed by atoms with van der Waals surface area (Å²) < 4.78 is 0. The highest BCUT2D eigenvalue weighted by molar-refractivity contribution is 6.12. The van der Waals surface area contributed by atoms with E-state index < -0.39 is 0 Å². The van der Waals surface area contributed by atoms with Gasteiger partial charge in [0.15, 0.2) is 5.78 Å². The third-order valence-corrected chi connectivity index (χ3v) is 2.44. The molecule has 0 spiro atoms. The van der Waals surface area contributed by atoms with Gasteiger partial charge in [0.2, 0.25) is 0 Å². The van der Waals surface area contributed by atoms with Crippen LogP contribution in [-0.2, 0) is 0 Å². The number of pyridine rings is 1. The van der Waals surface area contributed by atoms with Gasteiger partial charge in [0.05, 0.1) is 5.52 Å². The smallest absolute Gasteiger partial charge is 0.188 e. The summed E-state index contributed by atoms with van der Waals surface area (Å²) in [5.41, 5.74) is 1.53. The monoisotopic (exact) mass is 226 g/mol. The summed E-state index contributed by atoms with van der Waals surface area (Å²) in [7, 11) is 3.77. The van der Waals surface area contributed by atoms with Gasteiger partial charge >= 0.3 is 0 Å². The third-order valence-electron chi connectivity index (χ3n) is 2.44. The minimum Gasteiger partial charge on any atom is -0.383 e. The molecule has 0 unspecified atom stereocenters. The first-order valence-electron chi connectivity index (χ1n) is 5.41. The van der Waals surface area contributed by atoms with Crippen molar-refractivity contribution in [2.24, 2.45) is 0 Å². The molecule has 0 aliphatic carbocycles. The van der Waals surface area contributed by atoms with Gasteiger partial charge in [-0.25, -0.2) is 0 Å². The van der Waals surface area contributed by atoms with E-state index in [1.165, 1.54) is 0 Å². The summed E-state index contributed by atoms with van der Waals surface area (Å²) in [6.07, 6.45) is 4.98. The fraction of sp³-hybridized carbons (Fsp3) is 0.143. The fourth-order valence-electron chi connectivity index (χ4n) is 1.62. The van der Waals surface area contributed by atoms with Crippen LogP contribution in [0, 0.1) is 0 Å². The molecule has 0 aliphatic heterocycles. The molecule has 0 fully saturated rings. The summed E-state index contributed by atoms with van der Waals surface area (Å²) in [5.74, 6) is -0.00250. The Labute approximate surface area is 100 Å². The molecule has 3 nitrogen and oxygen atoms in total. The van der Waals surface area contributed by atoms with Crippen molar-refractivity contribution < 1.29 is 4.79 Å². The molecule has 3 heteroatoms. The van der Waals surface area contributed by atoms with Crippen LogP contribution in [0.25, 0.3) is 10.9 Å². The van der Waals surface area contributed by atoms with Gasteiger partial charge in [-0.1, -0.05) is 18.2 Å². The second kappa shape index (κ2) is 4.78. The number of benzene rings is 1. The van der Waals surface area contributed by atoms with Crippen molar-refractivity contribution in [3.8, 4) is 0 Å². The summed E-state index contributed by atoms with van der Waals surface area (Å²) in [6, 6.07) is 9.40. The van der Waals surface area contributed by atoms with Crippen molar-refractivity contribution >= 4 is 16.7 Å². The van der Waals surface area contributed by atoms with E-state index in [1.807, 2.05) is 43.3 Å². The van der Waals surface area contributed by atoms with E-state index in [4.69, 9.17) is 0 Å². The van der Waals surface area contributed by atoms with Gasteiger partial charge in [0.25, 0.3) is 0 Å². The Bertz CT molecular complexity index is 568. The molecule has 17 heavy (non-hydrogen) atoms. The molecule has 0 radical (unpaired) electrons. The second-order valence-electron chi connectivity index (χ2n) is 4.02. The van der Waals surface area contributed by atoms with Gasteiger partial charge in [-0.2, -0.15) is 0 Å². The third kappa shape index (κ3) is 2.50. The molecule has 0 saturated carbocycles. The molecule has 0 bridgehead atoms. The van der Waals surface area contributed by atoms with Crippen LogP contribution >= 0.6 is 0 Å². The SMILES string of the molecule is CN(C)/C=C/C(=O)c1ccnc2ccccc12. The summed E-state index contributed by atoms with van der Waals surface area (Å²) in [4.78, 5) is 18.1. The Morgan fingerprint density at radius 3 is 2.76 bits per heavy atom. The quantitative estimate of drug-likeness (QED) is 0.595. The lowest BCUT2D eigenvalue weighted by molar-refractivity contribution is 0.104. The zero-order valence-electron chi connectivity index (χ0n) is 9.92. The van der Waals surface area contributed by atoms with E-state index in [0.717, 1.165) is 10.9 Å². The lowest BCUT2D eigenvalue weighted by Crippen LogP contribution is -2.03. The number of fused-ring (bicyclic) bond motifs is 1. The number of aromatic nitrogens is 1. The van der Waals surface area contributed by atoms with E-state index >= 15 is 0 Å². The maximum absolute atomic E-state index is 12.0. The van der Waals surface area contributed by atoms with Gasteiger partial charge in [-0.3, -0.25) is 9.78 Å². The molecule has 0 atom stereocenters. The molecule has 1 aromatic heterocycles. The van der Waals surface area contributed by atoms with Gasteiger partial charge in [-0.15, -0.1) is 0 Å². The van der Waals surface area contributed by atoms with Crippen molar-refractivity contribution in [2.45, 2.75) is 0 Å². The number of hydrogen-bond donors (Lipinski definition) is 0. The number of para-hydroxylation sites is 1. The second-order valence-corrected chi connectivity index (χ2v) is 4.02. The molecular formula is C14H14N2O. The number of carbonyl (C=O) groups excluding carboxylic acids is 1. The summed E-state index contributed by atoms with van der Waals surface area (Å²) >= 11 is 0. The van der Waals surface area contributed by atoms with E-state index in [0.29, 0.717) is 5.56 Å². The zero-order valence-corrected chi connectivity index (χ0v) is 9.92. The zero-order chi connectivity index (χ0) is 12.3. The highest BCUT2D eigenvalue weighted by Crippen LogP contribution is 2.16. The van der Waals surface area contributed by atoms with E-state index in [-0.39, 0.29) is 5.78 Å². The lowest BCUT2D eigenvalue weighted by Gasteiger charge is -2.04. The van der Waals surface area contributed by atoms with Gasteiger partial charge < -0.3 is 4.90 Å². The molecule has 1 heterocycles. The lowest BCUT2D eigenvalue weighted by atomic mass is 10.1. The van der Waals surface area contributed by atoms with Crippen LogP contribution in [0.3, 0.4) is 0 Å². The normalized spacial score (nSPS) is 10.9. The number of allylic oxidation sites excluding steroid dienone is 1. The highest BCUT2D eigenvalue weighted by atomic mass is 16.1. The van der Waals surface area contributed by atoms with Crippen molar-refractivity contribution in [1.82, 2.24) is 9.88 Å². The highest BCUT2D eigenvalue weighted by Gasteiger charge is 2.06. The molecule has 0 saturated heterocycles. The first-order chi connectivity index (χ1) is 8.18.